The van der Waals surface area contributed by atoms with Gasteiger partial charge in [0, 0.05) is 36.2 Å². The van der Waals surface area contributed by atoms with Crippen molar-refractivity contribution in [1.29, 1.82) is 0 Å². The van der Waals surface area contributed by atoms with Crippen molar-refractivity contribution in [3.8, 4) is 0 Å². The maximum atomic E-state index is 14.4. The lowest BCUT2D eigenvalue weighted by Gasteiger charge is -2.40. The highest BCUT2D eigenvalue weighted by atomic mass is 35.5. The Morgan fingerprint density at radius 2 is 1.90 bits per heavy atom. The first kappa shape index (κ1) is 25.9. The topological polar surface area (TPSA) is 38.8 Å². The van der Waals surface area contributed by atoms with E-state index < -0.39 is 13.9 Å². The lowest BCUT2D eigenvalue weighted by atomic mass is 9.90. The third-order valence-electron chi connectivity index (χ3n) is 6.04. The van der Waals surface area contributed by atoms with Gasteiger partial charge in [0.05, 0.1) is 0 Å². The Hall–Kier alpha value is -1.37. The zero-order valence-electron chi connectivity index (χ0n) is 20.1. The molecule has 1 fully saturated rings. The molecule has 1 heterocycles. The zero-order valence-corrected chi connectivity index (χ0v) is 21.9. The lowest BCUT2D eigenvalue weighted by Crippen LogP contribution is -2.47. The Labute approximate surface area is 192 Å². The van der Waals surface area contributed by atoms with E-state index in [1.807, 2.05) is 26.8 Å². The first-order chi connectivity index (χ1) is 14.1. The molecular weight excluding hydrogens is 433 g/mol. The second kappa shape index (κ2) is 9.63. The molecule has 4 nitrogen and oxygen atoms in total. The molecule has 7 heteroatoms. The van der Waals surface area contributed by atoms with Crippen LogP contribution in [0.3, 0.4) is 0 Å². The van der Waals surface area contributed by atoms with Crippen molar-refractivity contribution in [2.75, 3.05) is 19.7 Å². The highest BCUT2D eigenvalue weighted by Crippen LogP contribution is 2.38. The molecule has 1 atom stereocenters. The predicted molar refractivity (Wildman–Crippen MR) is 128 cm³/mol. The number of likely N-dealkylation sites (tertiary alicyclic amines) is 1. The maximum Gasteiger partial charge on any atom is 0.410 e. The first-order valence-electron chi connectivity index (χ1n) is 10.9. The number of ether oxygens (including phenoxy) is 1. The summed E-state index contributed by atoms with van der Waals surface area (Å²) in [5.41, 5.74) is 1.04. The van der Waals surface area contributed by atoms with Crippen molar-refractivity contribution in [2.45, 2.75) is 71.7 Å². The van der Waals surface area contributed by atoms with E-state index in [2.05, 4.69) is 33.9 Å². The Morgan fingerprint density at radius 3 is 2.45 bits per heavy atom. The van der Waals surface area contributed by atoms with Gasteiger partial charge >= 0.3 is 6.09 Å². The van der Waals surface area contributed by atoms with Gasteiger partial charge in [-0.2, -0.15) is 0 Å². The second-order valence-electron chi connectivity index (χ2n) is 10.8. The summed E-state index contributed by atoms with van der Waals surface area (Å²) < 4.78 is 26.5. The predicted octanol–water partition coefficient (Wildman–Crippen LogP) is 7.14. The normalized spacial score (nSPS) is 19.6. The van der Waals surface area contributed by atoms with Gasteiger partial charge in [-0.05, 0) is 57.5 Å². The minimum absolute atomic E-state index is 0.0227. The highest BCUT2D eigenvalue weighted by molar-refractivity contribution is 6.74. The summed E-state index contributed by atoms with van der Waals surface area (Å²) in [5, 5.41) is 0.454. The SMILES string of the molecule is CC(C)(C)OC(=O)N1CCC(=Cc2ccc(Cl)cc2F)C(CO[Si](C)(C)C(C)(C)C)C1. The monoisotopic (exact) mass is 469 g/mol. The van der Waals surface area contributed by atoms with E-state index in [-0.39, 0.29) is 22.9 Å². The maximum absolute atomic E-state index is 14.4. The minimum atomic E-state index is -1.97. The summed E-state index contributed by atoms with van der Waals surface area (Å²) in [5.74, 6) is -0.371. The molecule has 1 saturated heterocycles. The molecule has 0 aromatic heterocycles. The van der Waals surface area contributed by atoms with Crippen molar-refractivity contribution in [3.05, 3.63) is 40.2 Å². The fraction of sp³-hybridized carbons (Fsp3) is 0.625. The summed E-state index contributed by atoms with van der Waals surface area (Å²) >= 11 is 5.90. The van der Waals surface area contributed by atoms with Crippen LogP contribution in [0.4, 0.5) is 9.18 Å². The molecule has 1 aromatic rings. The van der Waals surface area contributed by atoms with Crippen LogP contribution in [0.5, 0.6) is 0 Å². The van der Waals surface area contributed by atoms with E-state index in [1.54, 1.807) is 17.0 Å². The Kier molecular flexibility index (Phi) is 8.04. The van der Waals surface area contributed by atoms with Gasteiger partial charge in [-0.15, -0.1) is 0 Å². The molecule has 1 aliphatic rings. The number of amides is 1. The average molecular weight is 470 g/mol. The number of halogens is 2. The molecule has 0 N–H and O–H groups in total. The van der Waals surface area contributed by atoms with Gasteiger partial charge < -0.3 is 14.1 Å². The quantitative estimate of drug-likeness (QED) is 0.440. The summed E-state index contributed by atoms with van der Waals surface area (Å²) in [7, 11) is -1.97. The van der Waals surface area contributed by atoms with Gasteiger partial charge in [-0.3, -0.25) is 0 Å². The van der Waals surface area contributed by atoms with Crippen LogP contribution in [0.1, 0.15) is 53.5 Å². The van der Waals surface area contributed by atoms with Crippen molar-refractivity contribution in [3.63, 3.8) is 0 Å². The number of benzene rings is 1. The summed E-state index contributed by atoms with van der Waals surface area (Å²) in [6.07, 6.45) is 2.21. The molecule has 0 radical (unpaired) electrons. The molecule has 1 amide bonds. The summed E-state index contributed by atoms with van der Waals surface area (Å²) in [6, 6.07) is 4.70. The van der Waals surface area contributed by atoms with Gasteiger partial charge in [-0.1, -0.05) is 50.1 Å². The summed E-state index contributed by atoms with van der Waals surface area (Å²) in [4.78, 5) is 14.4. The molecule has 174 valence electrons. The van der Waals surface area contributed by atoms with Gasteiger partial charge in [0.2, 0.25) is 0 Å². The molecule has 2 rings (SSSR count). The van der Waals surface area contributed by atoms with Crippen LogP contribution < -0.4 is 0 Å². The van der Waals surface area contributed by atoms with Crippen molar-refractivity contribution < 1.29 is 18.3 Å². The number of carbonyl (C=O) groups excluding carboxylic acids is 1. The molecule has 1 aromatic carbocycles. The van der Waals surface area contributed by atoms with Crippen LogP contribution in [-0.2, 0) is 9.16 Å². The number of rotatable bonds is 4. The number of piperidine rings is 1. The second-order valence-corrected chi connectivity index (χ2v) is 16.1. The molecule has 0 saturated carbocycles. The standard InChI is InChI=1S/C24H37ClFNO3Si/c1-23(2,3)30-22(28)27-12-11-17(13-18-9-10-20(25)14-21(18)26)19(15-27)16-29-31(7,8)24(4,5)6/h9-10,13-14,19H,11-12,15-16H2,1-8H3. The summed E-state index contributed by atoms with van der Waals surface area (Å²) in [6.45, 7) is 18.1. The van der Waals surface area contributed by atoms with Crippen molar-refractivity contribution in [2.24, 2.45) is 5.92 Å². The van der Waals surface area contributed by atoms with Crippen molar-refractivity contribution in [1.82, 2.24) is 4.90 Å². The number of hydrogen-bond donors (Lipinski definition) is 0. The van der Waals surface area contributed by atoms with Gasteiger partial charge in [0.25, 0.3) is 0 Å². The van der Waals surface area contributed by atoms with E-state index in [1.165, 1.54) is 6.07 Å². The first-order valence-corrected chi connectivity index (χ1v) is 14.1. The Bertz CT molecular complexity index is 827. The van der Waals surface area contributed by atoms with Crippen LogP contribution >= 0.6 is 11.6 Å². The third kappa shape index (κ3) is 7.33. The molecule has 1 unspecified atom stereocenters. The fourth-order valence-corrected chi connectivity index (χ4v) is 4.34. The van der Waals surface area contributed by atoms with Crippen molar-refractivity contribution >= 4 is 32.1 Å². The Balaban J connectivity index is 2.27. The van der Waals surface area contributed by atoms with E-state index in [0.29, 0.717) is 36.7 Å². The lowest BCUT2D eigenvalue weighted by molar-refractivity contribution is 0.0184. The van der Waals surface area contributed by atoms with Crippen LogP contribution in [0.25, 0.3) is 6.08 Å². The van der Waals surface area contributed by atoms with Crippen LogP contribution in [0, 0.1) is 11.7 Å². The molecule has 1 aliphatic heterocycles. The largest absolute Gasteiger partial charge is 0.444 e. The minimum Gasteiger partial charge on any atom is -0.444 e. The number of hydrogen-bond acceptors (Lipinski definition) is 3. The molecule has 0 bridgehead atoms. The highest BCUT2D eigenvalue weighted by Gasteiger charge is 2.39. The van der Waals surface area contributed by atoms with Gasteiger partial charge in [0.1, 0.15) is 11.4 Å². The zero-order chi connectivity index (χ0) is 23.6. The van der Waals surface area contributed by atoms with Crippen LogP contribution in [0.2, 0.25) is 23.2 Å². The van der Waals surface area contributed by atoms with Gasteiger partial charge in [-0.25, -0.2) is 9.18 Å². The van der Waals surface area contributed by atoms with E-state index in [9.17, 15) is 9.18 Å². The molecular formula is C24H37ClFNO3Si. The number of carbonyl (C=O) groups is 1. The van der Waals surface area contributed by atoms with Crippen LogP contribution in [-0.4, -0.2) is 44.6 Å². The van der Waals surface area contributed by atoms with E-state index in [0.717, 1.165) is 5.57 Å². The number of nitrogens with zero attached hydrogens (tertiary/aromatic N) is 1. The van der Waals surface area contributed by atoms with Crippen LogP contribution in [0.15, 0.2) is 23.8 Å². The molecule has 0 aliphatic carbocycles. The van der Waals surface area contributed by atoms with E-state index >= 15 is 0 Å². The molecule has 31 heavy (non-hydrogen) atoms. The smallest absolute Gasteiger partial charge is 0.410 e. The van der Waals surface area contributed by atoms with E-state index in [4.69, 9.17) is 20.8 Å². The van der Waals surface area contributed by atoms with Gasteiger partial charge in [0.15, 0.2) is 8.32 Å². The third-order valence-corrected chi connectivity index (χ3v) is 10.8. The average Bonchev–Trinajstić information content (AvgIpc) is 2.60. The fourth-order valence-electron chi connectivity index (χ4n) is 3.13. The molecule has 0 spiro atoms. The Morgan fingerprint density at radius 1 is 1.26 bits per heavy atom.